The van der Waals surface area contributed by atoms with E-state index < -0.39 is 20.5 Å². The Morgan fingerprint density at radius 2 is 1.85 bits per heavy atom. The van der Waals surface area contributed by atoms with Gasteiger partial charge in [0.25, 0.3) is 5.91 Å². The molecule has 0 radical (unpaired) electrons. The van der Waals surface area contributed by atoms with Gasteiger partial charge in [0.2, 0.25) is 0 Å². The van der Waals surface area contributed by atoms with Gasteiger partial charge in [-0.1, -0.05) is 29.3 Å². The highest BCUT2D eigenvalue weighted by Gasteiger charge is 2.28. The Labute approximate surface area is 129 Å². The lowest BCUT2D eigenvalue weighted by molar-refractivity contribution is 0.0956. The summed E-state index contributed by atoms with van der Waals surface area (Å²) in [6.45, 7) is 4.90. The van der Waals surface area contributed by atoms with Crippen LogP contribution >= 0.6 is 23.2 Å². The highest BCUT2D eigenvalue weighted by molar-refractivity contribution is 7.92. The Hall–Kier alpha value is -0.780. The van der Waals surface area contributed by atoms with Crippen LogP contribution in [0.5, 0.6) is 0 Å². The Morgan fingerprint density at radius 1 is 1.25 bits per heavy atom. The van der Waals surface area contributed by atoms with E-state index in [2.05, 4.69) is 5.32 Å². The molecule has 7 heteroatoms. The second-order valence-corrected chi connectivity index (χ2v) is 8.94. The van der Waals surface area contributed by atoms with Gasteiger partial charge in [-0.05, 0) is 32.9 Å². The number of carbonyl (C=O) groups is 1. The first-order valence-electron chi connectivity index (χ1n) is 6.01. The van der Waals surface area contributed by atoms with Crippen LogP contribution in [-0.4, -0.2) is 31.4 Å². The molecule has 0 aliphatic carbocycles. The van der Waals surface area contributed by atoms with Crippen LogP contribution in [-0.2, 0) is 9.84 Å². The Balaban J connectivity index is 2.68. The summed E-state index contributed by atoms with van der Waals surface area (Å²) in [7, 11) is -3.27. The molecule has 20 heavy (non-hydrogen) atoms. The largest absolute Gasteiger partial charge is 0.351 e. The van der Waals surface area contributed by atoms with Gasteiger partial charge >= 0.3 is 0 Å². The fourth-order valence-electron chi connectivity index (χ4n) is 1.38. The number of sulfone groups is 1. The summed E-state index contributed by atoms with van der Waals surface area (Å²) in [5.74, 6) is -0.568. The summed E-state index contributed by atoms with van der Waals surface area (Å²) < 4.78 is 22.9. The third kappa shape index (κ3) is 4.11. The lowest BCUT2D eigenvalue weighted by Crippen LogP contribution is -2.36. The molecule has 0 aliphatic heterocycles. The molecule has 0 atom stereocenters. The first kappa shape index (κ1) is 17.3. The lowest BCUT2D eigenvalue weighted by atomic mass is 10.2. The molecule has 4 nitrogen and oxygen atoms in total. The van der Waals surface area contributed by atoms with Crippen LogP contribution < -0.4 is 5.32 Å². The SMILES string of the molecule is CC(C)(C)S(=O)(=O)CCNC(=O)c1cccc(Cl)c1Cl. The predicted molar refractivity (Wildman–Crippen MR) is 82.3 cm³/mol. The van der Waals surface area contributed by atoms with Crippen molar-refractivity contribution in [1.82, 2.24) is 5.32 Å². The number of halogens is 2. The van der Waals surface area contributed by atoms with Crippen LogP contribution in [0.25, 0.3) is 0 Å². The minimum atomic E-state index is -3.27. The van der Waals surface area contributed by atoms with Crippen molar-refractivity contribution >= 4 is 38.9 Å². The maximum Gasteiger partial charge on any atom is 0.252 e. The predicted octanol–water partition coefficient (Wildman–Crippen LogP) is 2.94. The summed E-state index contributed by atoms with van der Waals surface area (Å²) in [4.78, 5) is 11.9. The topological polar surface area (TPSA) is 63.2 Å². The molecule has 1 amide bonds. The van der Waals surface area contributed by atoms with Crippen LogP contribution in [0.1, 0.15) is 31.1 Å². The zero-order valence-corrected chi connectivity index (χ0v) is 13.9. The van der Waals surface area contributed by atoms with E-state index in [1.54, 1.807) is 32.9 Å². The fourth-order valence-corrected chi connectivity index (χ4v) is 2.75. The van der Waals surface area contributed by atoms with E-state index in [0.29, 0.717) is 0 Å². The third-order valence-electron chi connectivity index (χ3n) is 2.79. The molecule has 0 bridgehead atoms. The first-order valence-corrected chi connectivity index (χ1v) is 8.41. The number of nitrogens with one attached hydrogen (secondary N) is 1. The second-order valence-electron chi connectivity index (χ2n) is 5.29. The molecule has 1 rings (SSSR count). The number of amides is 1. The van der Waals surface area contributed by atoms with Gasteiger partial charge in [-0.15, -0.1) is 0 Å². The van der Waals surface area contributed by atoms with Gasteiger partial charge in [-0.3, -0.25) is 4.79 Å². The zero-order chi connectivity index (χ0) is 15.6. The molecule has 112 valence electrons. The van der Waals surface area contributed by atoms with Crippen molar-refractivity contribution in [2.24, 2.45) is 0 Å². The van der Waals surface area contributed by atoms with E-state index in [0.717, 1.165) is 0 Å². The highest BCUT2D eigenvalue weighted by Crippen LogP contribution is 2.25. The van der Waals surface area contributed by atoms with Crippen molar-refractivity contribution in [1.29, 1.82) is 0 Å². The quantitative estimate of drug-likeness (QED) is 0.918. The van der Waals surface area contributed by atoms with Gasteiger partial charge in [0, 0.05) is 6.54 Å². The Morgan fingerprint density at radius 3 is 2.40 bits per heavy atom. The molecule has 0 spiro atoms. The Bertz CT molecular complexity index is 607. The van der Waals surface area contributed by atoms with Gasteiger partial charge < -0.3 is 5.32 Å². The molecule has 0 aliphatic rings. The smallest absolute Gasteiger partial charge is 0.252 e. The van der Waals surface area contributed by atoms with Crippen LogP contribution in [0.4, 0.5) is 0 Å². The minimum Gasteiger partial charge on any atom is -0.351 e. The van der Waals surface area contributed by atoms with E-state index in [4.69, 9.17) is 23.2 Å². The molecule has 0 saturated carbocycles. The lowest BCUT2D eigenvalue weighted by Gasteiger charge is -2.19. The summed E-state index contributed by atoms with van der Waals surface area (Å²) in [6, 6.07) is 4.71. The molecule has 0 aromatic heterocycles. The van der Waals surface area contributed by atoms with E-state index in [1.807, 2.05) is 0 Å². The molecule has 0 fully saturated rings. The summed E-state index contributed by atoms with van der Waals surface area (Å²) in [5, 5.41) is 2.97. The number of carbonyl (C=O) groups excluding carboxylic acids is 1. The molecule has 1 aromatic carbocycles. The number of hydrogen-bond donors (Lipinski definition) is 1. The third-order valence-corrected chi connectivity index (χ3v) is 6.21. The van der Waals surface area contributed by atoms with E-state index >= 15 is 0 Å². The average Bonchev–Trinajstić information content (AvgIpc) is 2.30. The van der Waals surface area contributed by atoms with Gasteiger partial charge in [0.05, 0.1) is 26.1 Å². The monoisotopic (exact) mass is 337 g/mol. The van der Waals surface area contributed by atoms with Crippen molar-refractivity contribution in [3.05, 3.63) is 33.8 Å². The fraction of sp³-hybridized carbons (Fsp3) is 0.462. The van der Waals surface area contributed by atoms with E-state index in [1.165, 1.54) is 6.07 Å². The van der Waals surface area contributed by atoms with Crippen LogP contribution in [0.15, 0.2) is 18.2 Å². The summed E-state index contributed by atoms with van der Waals surface area (Å²) >= 11 is 11.7. The molecule has 0 heterocycles. The summed E-state index contributed by atoms with van der Waals surface area (Å²) in [6.07, 6.45) is 0. The first-order chi connectivity index (χ1) is 9.06. The normalized spacial score (nSPS) is 12.2. The second kappa shape index (κ2) is 6.33. The van der Waals surface area contributed by atoms with Gasteiger partial charge in [-0.2, -0.15) is 0 Å². The van der Waals surface area contributed by atoms with Crippen molar-refractivity contribution in [2.45, 2.75) is 25.5 Å². The summed E-state index contributed by atoms with van der Waals surface area (Å²) in [5.41, 5.74) is 0.229. The molecular formula is C13H17Cl2NO3S. The number of benzene rings is 1. The Kier molecular flexibility index (Phi) is 5.46. The minimum absolute atomic E-state index is 0.0290. The molecule has 0 saturated heterocycles. The van der Waals surface area contributed by atoms with E-state index in [-0.39, 0.29) is 27.9 Å². The van der Waals surface area contributed by atoms with Crippen molar-refractivity contribution in [3.8, 4) is 0 Å². The van der Waals surface area contributed by atoms with Gasteiger partial charge in [-0.25, -0.2) is 8.42 Å². The molecule has 0 unspecified atom stereocenters. The van der Waals surface area contributed by atoms with Crippen LogP contribution in [0.3, 0.4) is 0 Å². The van der Waals surface area contributed by atoms with Crippen molar-refractivity contribution in [2.75, 3.05) is 12.3 Å². The van der Waals surface area contributed by atoms with Crippen LogP contribution in [0.2, 0.25) is 10.0 Å². The molecule has 1 aromatic rings. The number of hydrogen-bond acceptors (Lipinski definition) is 3. The van der Waals surface area contributed by atoms with Crippen molar-refractivity contribution < 1.29 is 13.2 Å². The molecule has 1 N–H and O–H groups in total. The van der Waals surface area contributed by atoms with Gasteiger partial charge in [0.1, 0.15) is 0 Å². The van der Waals surface area contributed by atoms with Crippen molar-refractivity contribution in [3.63, 3.8) is 0 Å². The van der Waals surface area contributed by atoms with Crippen LogP contribution in [0, 0.1) is 0 Å². The highest BCUT2D eigenvalue weighted by atomic mass is 35.5. The standard InChI is InChI=1S/C13H17Cl2NO3S/c1-13(2,3)20(18,19)8-7-16-12(17)9-5-4-6-10(14)11(9)15/h4-6H,7-8H2,1-3H3,(H,16,17). The maximum atomic E-state index is 11.9. The zero-order valence-electron chi connectivity index (χ0n) is 11.5. The van der Waals surface area contributed by atoms with Gasteiger partial charge in [0.15, 0.2) is 9.84 Å². The molecular weight excluding hydrogens is 321 g/mol. The maximum absolute atomic E-state index is 11.9. The average molecular weight is 338 g/mol. The number of rotatable bonds is 4. The van der Waals surface area contributed by atoms with E-state index in [9.17, 15) is 13.2 Å².